The summed E-state index contributed by atoms with van der Waals surface area (Å²) in [6.45, 7) is 11.3. The van der Waals surface area contributed by atoms with Crippen LogP contribution in [0.1, 0.15) is 34.6 Å². The Hall–Kier alpha value is -0.570. The molecule has 14 heavy (non-hydrogen) atoms. The Morgan fingerprint density at radius 2 is 1.86 bits per heavy atom. The topological polar surface area (TPSA) is 23.6 Å². The Bertz CT molecular complexity index is 232. The third kappa shape index (κ3) is 1.92. The molecule has 1 unspecified atom stereocenters. The van der Waals surface area contributed by atoms with Crippen molar-refractivity contribution < 1.29 is 4.79 Å². The van der Waals surface area contributed by atoms with Crippen molar-refractivity contribution in [1.82, 2.24) is 9.80 Å². The molecule has 0 spiro atoms. The van der Waals surface area contributed by atoms with Crippen molar-refractivity contribution in [3.05, 3.63) is 0 Å². The summed E-state index contributed by atoms with van der Waals surface area (Å²) in [7, 11) is 2.09. The standard InChI is InChI=1S/C11H22N2O/c1-8-7-12(6)10(11(3,4)5)13(8)9(2)14/h8,10H,7H2,1-6H3/t8-,10?/m0/s1. The summed E-state index contributed by atoms with van der Waals surface area (Å²) in [5, 5.41) is 0. The molecule has 1 rings (SSSR count). The molecule has 1 amide bonds. The average molecular weight is 198 g/mol. The molecule has 1 fully saturated rings. The molecule has 0 radical (unpaired) electrons. The molecule has 3 heteroatoms. The normalized spacial score (nSPS) is 29.7. The number of rotatable bonds is 0. The van der Waals surface area contributed by atoms with Gasteiger partial charge in [-0.15, -0.1) is 0 Å². The minimum absolute atomic E-state index is 0.116. The lowest BCUT2D eigenvalue weighted by Crippen LogP contribution is -2.49. The van der Waals surface area contributed by atoms with Gasteiger partial charge >= 0.3 is 0 Å². The van der Waals surface area contributed by atoms with E-state index in [1.165, 1.54) is 0 Å². The number of hydrogen-bond donors (Lipinski definition) is 0. The highest BCUT2D eigenvalue weighted by Gasteiger charge is 2.42. The van der Waals surface area contributed by atoms with Gasteiger partial charge in [-0.25, -0.2) is 0 Å². The van der Waals surface area contributed by atoms with Crippen LogP contribution in [-0.2, 0) is 4.79 Å². The molecule has 0 bridgehead atoms. The maximum Gasteiger partial charge on any atom is 0.221 e. The summed E-state index contributed by atoms with van der Waals surface area (Å²) in [4.78, 5) is 15.8. The average Bonchev–Trinajstić information content (AvgIpc) is 2.23. The van der Waals surface area contributed by atoms with E-state index >= 15 is 0 Å². The van der Waals surface area contributed by atoms with E-state index in [1.807, 2.05) is 4.90 Å². The monoisotopic (exact) mass is 198 g/mol. The fourth-order valence-corrected chi connectivity index (χ4v) is 2.62. The Balaban J connectivity index is 2.95. The molecule has 82 valence electrons. The second-order valence-electron chi connectivity index (χ2n) is 5.45. The summed E-state index contributed by atoms with van der Waals surface area (Å²) in [6, 6.07) is 0.335. The molecule has 1 saturated heterocycles. The Morgan fingerprint density at radius 1 is 1.36 bits per heavy atom. The van der Waals surface area contributed by atoms with Crippen LogP contribution < -0.4 is 0 Å². The van der Waals surface area contributed by atoms with Gasteiger partial charge in [0.05, 0.1) is 6.17 Å². The van der Waals surface area contributed by atoms with Gasteiger partial charge in [0.1, 0.15) is 0 Å². The summed E-state index contributed by atoms with van der Waals surface area (Å²) in [5.41, 5.74) is 0.116. The van der Waals surface area contributed by atoms with Gasteiger partial charge in [-0.3, -0.25) is 9.69 Å². The van der Waals surface area contributed by atoms with Crippen molar-refractivity contribution in [2.45, 2.75) is 46.8 Å². The van der Waals surface area contributed by atoms with E-state index in [9.17, 15) is 4.79 Å². The molecule has 0 aliphatic carbocycles. The second-order valence-corrected chi connectivity index (χ2v) is 5.45. The minimum atomic E-state index is 0.116. The van der Waals surface area contributed by atoms with Gasteiger partial charge < -0.3 is 4.90 Å². The van der Waals surface area contributed by atoms with Crippen LogP contribution in [0.5, 0.6) is 0 Å². The van der Waals surface area contributed by atoms with Gasteiger partial charge in [-0.05, 0) is 19.4 Å². The SMILES string of the molecule is CC(=O)N1C(C(C)(C)C)N(C)C[C@@H]1C. The van der Waals surface area contributed by atoms with E-state index in [1.54, 1.807) is 6.92 Å². The van der Waals surface area contributed by atoms with Crippen LogP contribution in [0.25, 0.3) is 0 Å². The first-order valence-electron chi connectivity index (χ1n) is 5.24. The highest BCUT2D eigenvalue weighted by atomic mass is 16.2. The van der Waals surface area contributed by atoms with Gasteiger partial charge in [0.2, 0.25) is 5.91 Å². The number of carbonyl (C=O) groups excluding carboxylic acids is 1. The van der Waals surface area contributed by atoms with Crippen molar-refractivity contribution >= 4 is 5.91 Å². The van der Waals surface area contributed by atoms with Crippen molar-refractivity contribution in [2.75, 3.05) is 13.6 Å². The van der Waals surface area contributed by atoms with E-state index in [2.05, 4.69) is 39.6 Å². The van der Waals surface area contributed by atoms with Crippen LogP contribution in [0, 0.1) is 5.41 Å². The first kappa shape index (κ1) is 11.5. The molecular formula is C11H22N2O. The lowest BCUT2D eigenvalue weighted by Gasteiger charge is -2.38. The molecule has 1 aliphatic heterocycles. The first-order valence-corrected chi connectivity index (χ1v) is 5.24. The van der Waals surface area contributed by atoms with E-state index in [4.69, 9.17) is 0 Å². The molecule has 0 aromatic carbocycles. The molecule has 1 aliphatic rings. The second kappa shape index (κ2) is 3.54. The number of hydrogen-bond acceptors (Lipinski definition) is 2. The number of carbonyl (C=O) groups is 1. The highest BCUT2D eigenvalue weighted by Crippen LogP contribution is 2.32. The van der Waals surface area contributed by atoms with Gasteiger partial charge in [0, 0.05) is 19.5 Å². The molecule has 3 nitrogen and oxygen atoms in total. The third-order valence-electron chi connectivity index (χ3n) is 2.85. The predicted molar refractivity (Wildman–Crippen MR) is 57.9 cm³/mol. The third-order valence-corrected chi connectivity index (χ3v) is 2.85. The molecule has 0 aromatic heterocycles. The van der Waals surface area contributed by atoms with E-state index in [0.29, 0.717) is 6.04 Å². The molecule has 0 saturated carbocycles. The van der Waals surface area contributed by atoms with E-state index < -0.39 is 0 Å². The highest BCUT2D eigenvalue weighted by molar-refractivity contribution is 5.74. The Kier molecular flexibility index (Phi) is 2.91. The van der Waals surface area contributed by atoms with Gasteiger partial charge in [-0.1, -0.05) is 20.8 Å². The fourth-order valence-electron chi connectivity index (χ4n) is 2.62. The summed E-state index contributed by atoms with van der Waals surface area (Å²) >= 11 is 0. The zero-order chi connectivity index (χ0) is 11.1. The molecule has 2 atom stereocenters. The van der Waals surface area contributed by atoms with Crippen LogP contribution in [0.15, 0.2) is 0 Å². The van der Waals surface area contributed by atoms with Crippen LogP contribution >= 0.6 is 0 Å². The zero-order valence-corrected chi connectivity index (χ0v) is 10.2. The van der Waals surface area contributed by atoms with Crippen LogP contribution in [-0.4, -0.2) is 41.5 Å². The summed E-state index contributed by atoms with van der Waals surface area (Å²) in [5.74, 6) is 0.182. The zero-order valence-electron chi connectivity index (χ0n) is 10.2. The molecular weight excluding hydrogens is 176 g/mol. The Morgan fingerprint density at radius 3 is 2.14 bits per heavy atom. The summed E-state index contributed by atoms with van der Waals surface area (Å²) < 4.78 is 0. The van der Waals surface area contributed by atoms with Crippen LogP contribution in [0.3, 0.4) is 0 Å². The van der Waals surface area contributed by atoms with Crippen molar-refractivity contribution in [2.24, 2.45) is 5.41 Å². The Labute approximate surface area is 87.1 Å². The lowest BCUT2D eigenvalue weighted by molar-refractivity contribution is -0.135. The number of likely N-dealkylation sites (N-methyl/N-ethyl adjacent to an activating group) is 1. The maximum absolute atomic E-state index is 11.6. The predicted octanol–water partition coefficient (Wildman–Crippen LogP) is 1.54. The quantitative estimate of drug-likeness (QED) is 0.589. The van der Waals surface area contributed by atoms with Gasteiger partial charge in [0.25, 0.3) is 0 Å². The number of amides is 1. The van der Waals surface area contributed by atoms with Crippen molar-refractivity contribution in [3.63, 3.8) is 0 Å². The van der Waals surface area contributed by atoms with E-state index in [0.717, 1.165) is 6.54 Å². The molecule has 0 aromatic rings. The van der Waals surface area contributed by atoms with E-state index in [-0.39, 0.29) is 17.5 Å². The van der Waals surface area contributed by atoms with Crippen molar-refractivity contribution in [1.29, 1.82) is 0 Å². The van der Waals surface area contributed by atoms with Gasteiger partial charge in [-0.2, -0.15) is 0 Å². The smallest absolute Gasteiger partial charge is 0.221 e. The molecule has 1 heterocycles. The molecule has 0 N–H and O–H groups in total. The number of nitrogens with zero attached hydrogens (tertiary/aromatic N) is 2. The van der Waals surface area contributed by atoms with Crippen LogP contribution in [0.2, 0.25) is 0 Å². The van der Waals surface area contributed by atoms with Gasteiger partial charge in [0.15, 0.2) is 0 Å². The minimum Gasteiger partial charge on any atom is -0.323 e. The maximum atomic E-state index is 11.6. The lowest BCUT2D eigenvalue weighted by atomic mass is 9.91. The van der Waals surface area contributed by atoms with Crippen molar-refractivity contribution in [3.8, 4) is 0 Å². The largest absolute Gasteiger partial charge is 0.323 e. The first-order chi connectivity index (χ1) is 6.25. The fraction of sp³-hybridized carbons (Fsp3) is 0.909. The summed E-state index contributed by atoms with van der Waals surface area (Å²) in [6.07, 6.45) is 0.231. The van der Waals surface area contributed by atoms with Crippen LogP contribution in [0.4, 0.5) is 0 Å².